The standard InChI is InChI=1S/C13H24/c1-7-12(4)9-8-10-13(5,6)11(2)3/h7,11H,1,4,8-10H2,2-3,5-6H3. The molecule has 13 heavy (non-hydrogen) atoms. The van der Waals surface area contributed by atoms with Crippen LogP contribution in [-0.2, 0) is 0 Å². The third-order valence-corrected chi connectivity index (χ3v) is 3.17. The Morgan fingerprint density at radius 1 is 1.38 bits per heavy atom. The molecule has 0 saturated heterocycles. The topological polar surface area (TPSA) is 0 Å². The zero-order chi connectivity index (χ0) is 10.5. The van der Waals surface area contributed by atoms with E-state index in [2.05, 4.69) is 40.9 Å². The molecule has 0 aromatic heterocycles. The van der Waals surface area contributed by atoms with Crippen molar-refractivity contribution >= 4 is 0 Å². The lowest BCUT2D eigenvalue weighted by molar-refractivity contribution is 0.224. The first-order valence-corrected chi connectivity index (χ1v) is 5.20. The summed E-state index contributed by atoms with van der Waals surface area (Å²) in [4.78, 5) is 0. The van der Waals surface area contributed by atoms with Crippen molar-refractivity contribution in [1.82, 2.24) is 0 Å². The molecular formula is C13H24. The quantitative estimate of drug-likeness (QED) is 0.525. The van der Waals surface area contributed by atoms with E-state index >= 15 is 0 Å². The Morgan fingerprint density at radius 3 is 2.31 bits per heavy atom. The predicted octanol–water partition coefficient (Wildman–Crippen LogP) is 4.58. The predicted molar refractivity (Wildman–Crippen MR) is 61.8 cm³/mol. The summed E-state index contributed by atoms with van der Waals surface area (Å²) in [6.45, 7) is 16.9. The monoisotopic (exact) mass is 180 g/mol. The molecule has 0 unspecified atom stereocenters. The van der Waals surface area contributed by atoms with E-state index in [1.807, 2.05) is 6.08 Å². The van der Waals surface area contributed by atoms with Gasteiger partial charge in [-0.3, -0.25) is 0 Å². The molecule has 0 heteroatoms. The highest BCUT2D eigenvalue weighted by molar-refractivity contribution is 5.10. The van der Waals surface area contributed by atoms with Gasteiger partial charge in [-0.15, -0.1) is 0 Å². The minimum Gasteiger partial charge on any atom is -0.0988 e. The van der Waals surface area contributed by atoms with Crippen LogP contribution in [0.2, 0.25) is 0 Å². The average molecular weight is 180 g/mol. The van der Waals surface area contributed by atoms with Crippen LogP contribution in [0, 0.1) is 11.3 Å². The molecule has 0 spiro atoms. The van der Waals surface area contributed by atoms with Crippen LogP contribution in [0.4, 0.5) is 0 Å². The minimum absolute atomic E-state index is 0.460. The normalized spacial score (nSPS) is 11.8. The first-order valence-electron chi connectivity index (χ1n) is 5.20. The molecule has 0 amide bonds. The Hall–Kier alpha value is -0.520. The maximum atomic E-state index is 3.92. The van der Waals surface area contributed by atoms with Gasteiger partial charge in [0.15, 0.2) is 0 Å². The first-order chi connectivity index (χ1) is 5.90. The van der Waals surface area contributed by atoms with Gasteiger partial charge < -0.3 is 0 Å². The van der Waals surface area contributed by atoms with Gasteiger partial charge in [-0.25, -0.2) is 0 Å². The van der Waals surface area contributed by atoms with Crippen LogP contribution >= 0.6 is 0 Å². The van der Waals surface area contributed by atoms with Crippen LogP contribution in [0.1, 0.15) is 47.0 Å². The number of hydrogen-bond acceptors (Lipinski definition) is 0. The van der Waals surface area contributed by atoms with Crippen LogP contribution in [0.15, 0.2) is 24.8 Å². The summed E-state index contributed by atoms with van der Waals surface area (Å²) in [5.74, 6) is 0.754. The van der Waals surface area contributed by atoms with E-state index in [-0.39, 0.29) is 0 Å². The second-order valence-corrected chi connectivity index (χ2v) is 4.86. The highest BCUT2D eigenvalue weighted by Crippen LogP contribution is 2.32. The molecule has 0 aliphatic carbocycles. The second-order valence-electron chi connectivity index (χ2n) is 4.86. The first kappa shape index (κ1) is 12.5. The van der Waals surface area contributed by atoms with Crippen LogP contribution in [0.3, 0.4) is 0 Å². The highest BCUT2D eigenvalue weighted by Gasteiger charge is 2.21. The number of rotatable bonds is 6. The maximum absolute atomic E-state index is 3.92. The molecule has 0 aromatic rings. The average Bonchev–Trinajstić information content (AvgIpc) is 2.03. The van der Waals surface area contributed by atoms with E-state index < -0.39 is 0 Å². The lowest BCUT2D eigenvalue weighted by Crippen LogP contribution is -2.18. The lowest BCUT2D eigenvalue weighted by atomic mass is 9.77. The van der Waals surface area contributed by atoms with Crippen molar-refractivity contribution in [2.45, 2.75) is 47.0 Å². The zero-order valence-corrected chi connectivity index (χ0v) is 9.69. The molecule has 0 bridgehead atoms. The van der Waals surface area contributed by atoms with Crippen LogP contribution < -0.4 is 0 Å². The molecule has 0 fully saturated rings. The Morgan fingerprint density at radius 2 is 1.92 bits per heavy atom. The van der Waals surface area contributed by atoms with E-state index in [0.717, 1.165) is 12.3 Å². The molecule has 0 aliphatic rings. The lowest BCUT2D eigenvalue weighted by Gasteiger charge is -2.29. The van der Waals surface area contributed by atoms with Crippen molar-refractivity contribution in [1.29, 1.82) is 0 Å². The zero-order valence-electron chi connectivity index (χ0n) is 9.69. The summed E-state index contributed by atoms with van der Waals surface area (Å²) in [7, 11) is 0. The van der Waals surface area contributed by atoms with Gasteiger partial charge >= 0.3 is 0 Å². The van der Waals surface area contributed by atoms with Crippen molar-refractivity contribution < 1.29 is 0 Å². The summed E-state index contributed by atoms with van der Waals surface area (Å²) in [5, 5.41) is 0. The molecule has 0 aliphatic heterocycles. The van der Waals surface area contributed by atoms with E-state index in [1.54, 1.807) is 0 Å². The summed E-state index contributed by atoms with van der Waals surface area (Å²) in [5.41, 5.74) is 1.63. The Kier molecular flexibility index (Phi) is 5.05. The van der Waals surface area contributed by atoms with Crippen LogP contribution in [0.25, 0.3) is 0 Å². The van der Waals surface area contributed by atoms with Gasteiger partial charge in [-0.1, -0.05) is 52.5 Å². The molecule has 0 aromatic carbocycles. The fourth-order valence-electron chi connectivity index (χ4n) is 1.16. The summed E-state index contributed by atoms with van der Waals surface area (Å²) >= 11 is 0. The van der Waals surface area contributed by atoms with Gasteiger partial charge in [0.2, 0.25) is 0 Å². The number of hydrogen-bond donors (Lipinski definition) is 0. The fraction of sp³-hybridized carbons (Fsp3) is 0.692. The number of allylic oxidation sites excluding steroid dienone is 2. The van der Waals surface area contributed by atoms with Crippen LogP contribution in [0.5, 0.6) is 0 Å². The van der Waals surface area contributed by atoms with Crippen molar-refractivity contribution in [2.24, 2.45) is 11.3 Å². The Bertz CT molecular complexity index is 172. The Balaban J connectivity index is 3.76. The fourth-order valence-corrected chi connectivity index (χ4v) is 1.16. The van der Waals surface area contributed by atoms with E-state index in [4.69, 9.17) is 0 Å². The molecule has 0 N–H and O–H groups in total. The summed E-state index contributed by atoms with van der Waals surface area (Å²) in [6, 6.07) is 0. The molecule has 0 radical (unpaired) electrons. The van der Waals surface area contributed by atoms with Gasteiger partial charge in [-0.2, -0.15) is 0 Å². The molecule has 0 saturated carbocycles. The van der Waals surface area contributed by atoms with E-state index in [1.165, 1.54) is 18.4 Å². The SMILES string of the molecule is C=CC(=C)CCCC(C)(C)C(C)C. The smallest absolute Gasteiger partial charge is 0.0285 e. The van der Waals surface area contributed by atoms with Gasteiger partial charge in [0, 0.05) is 0 Å². The minimum atomic E-state index is 0.460. The molecule has 0 atom stereocenters. The Labute approximate surface area is 83.7 Å². The summed E-state index contributed by atoms with van der Waals surface area (Å²) < 4.78 is 0. The molecular weight excluding hydrogens is 156 g/mol. The van der Waals surface area contributed by atoms with Crippen molar-refractivity contribution in [3.8, 4) is 0 Å². The van der Waals surface area contributed by atoms with Crippen LogP contribution in [-0.4, -0.2) is 0 Å². The summed E-state index contributed by atoms with van der Waals surface area (Å²) in [6.07, 6.45) is 5.47. The second kappa shape index (κ2) is 5.26. The highest BCUT2D eigenvalue weighted by atomic mass is 14.3. The van der Waals surface area contributed by atoms with E-state index in [9.17, 15) is 0 Å². The molecule has 76 valence electrons. The van der Waals surface area contributed by atoms with E-state index in [0.29, 0.717) is 5.41 Å². The van der Waals surface area contributed by atoms with Gasteiger partial charge in [0.05, 0.1) is 0 Å². The third-order valence-electron chi connectivity index (χ3n) is 3.17. The molecule has 0 nitrogen and oxygen atoms in total. The van der Waals surface area contributed by atoms with Crippen molar-refractivity contribution in [3.63, 3.8) is 0 Å². The third kappa shape index (κ3) is 4.92. The molecule has 0 heterocycles. The van der Waals surface area contributed by atoms with Gasteiger partial charge in [0.25, 0.3) is 0 Å². The molecule has 0 rings (SSSR count). The van der Waals surface area contributed by atoms with Gasteiger partial charge in [-0.05, 0) is 30.6 Å². The van der Waals surface area contributed by atoms with Crippen molar-refractivity contribution in [3.05, 3.63) is 24.8 Å². The maximum Gasteiger partial charge on any atom is -0.0285 e. The van der Waals surface area contributed by atoms with Crippen molar-refractivity contribution in [2.75, 3.05) is 0 Å². The van der Waals surface area contributed by atoms with Gasteiger partial charge in [0.1, 0.15) is 0 Å². The largest absolute Gasteiger partial charge is 0.0988 e.